The summed E-state index contributed by atoms with van der Waals surface area (Å²) < 4.78 is 1.68. The van der Waals surface area contributed by atoms with Crippen LogP contribution in [0.3, 0.4) is 0 Å². The van der Waals surface area contributed by atoms with Crippen LogP contribution in [-0.4, -0.2) is 68.5 Å². The van der Waals surface area contributed by atoms with Crippen LogP contribution in [-0.2, 0) is 6.54 Å². The molecule has 4 aromatic rings. The summed E-state index contributed by atoms with van der Waals surface area (Å²) >= 11 is 0. The predicted octanol–water partition coefficient (Wildman–Crippen LogP) is 2.52. The Bertz CT molecular complexity index is 1360. The molecule has 0 aliphatic carbocycles. The first-order chi connectivity index (χ1) is 16.6. The fraction of sp³-hybridized carbons (Fsp3) is 0.231. The highest BCUT2D eigenvalue weighted by atomic mass is 16.1. The minimum absolute atomic E-state index is 0.177. The van der Waals surface area contributed by atoms with Gasteiger partial charge in [-0.15, -0.1) is 0 Å². The fourth-order valence-electron chi connectivity index (χ4n) is 3.86. The standard InChI is InChI=1S/C26H25N7O/c1-31-11-13-32(14-12-31)19-20-4-7-22(8-5-20)26(34)30-23-15-21(16-27-17-23)6-9-24-18-28-25-3-2-10-29-33(24)25/h2-5,7-8,10,15-18H,11-14,19H2,1H3,(H,30,34). The number of anilines is 1. The minimum atomic E-state index is -0.177. The predicted molar refractivity (Wildman–Crippen MR) is 130 cm³/mol. The zero-order valence-electron chi connectivity index (χ0n) is 19.0. The van der Waals surface area contributed by atoms with Crippen molar-refractivity contribution in [1.29, 1.82) is 0 Å². The van der Waals surface area contributed by atoms with Crippen molar-refractivity contribution in [1.82, 2.24) is 29.4 Å². The molecule has 1 aliphatic rings. The van der Waals surface area contributed by atoms with Crippen LogP contribution < -0.4 is 5.32 Å². The van der Waals surface area contributed by atoms with Crippen LogP contribution in [0.2, 0.25) is 0 Å². The van der Waals surface area contributed by atoms with Gasteiger partial charge in [-0.25, -0.2) is 9.50 Å². The highest BCUT2D eigenvalue weighted by molar-refractivity contribution is 6.04. The molecular weight excluding hydrogens is 426 g/mol. The summed E-state index contributed by atoms with van der Waals surface area (Å²) in [6, 6.07) is 13.3. The molecule has 5 rings (SSSR count). The second-order valence-corrected chi connectivity index (χ2v) is 8.38. The molecule has 0 atom stereocenters. The third kappa shape index (κ3) is 5.12. The molecule has 4 heterocycles. The molecule has 1 fully saturated rings. The van der Waals surface area contributed by atoms with Gasteiger partial charge in [-0.2, -0.15) is 5.10 Å². The SMILES string of the molecule is CN1CCN(Cc2ccc(C(=O)Nc3cncc(C#Cc4cnc5cccnn45)c3)cc2)CC1. The summed E-state index contributed by atoms with van der Waals surface area (Å²) in [5.41, 5.74) is 4.51. The summed E-state index contributed by atoms with van der Waals surface area (Å²) in [6.45, 7) is 5.22. The highest BCUT2D eigenvalue weighted by Gasteiger charge is 2.14. The molecule has 8 nitrogen and oxygen atoms in total. The average Bonchev–Trinajstić information content (AvgIpc) is 3.28. The first-order valence-corrected chi connectivity index (χ1v) is 11.2. The quantitative estimate of drug-likeness (QED) is 0.481. The average molecular weight is 452 g/mol. The number of carbonyl (C=O) groups excluding carboxylic acids is 1. The van der Waals surface area contributed by atoms with E-state index in [4.69, 9.17) is 0 Å². The van der Waals surface area contributed by atoms with Gasteiger partial charge in [0.05, 0.1) is 18.1 Å². The van der Waals surface area contributed by atoms with Crippen molar-refractivity contribution in [2.45, 2.75) is 6.54 Å². The number of hydrogen-bond donors (Lipinski definition) is 1. The Morgan fingerprint density at radius 2 is 1.85 bits per heavy atom. The first-order valence-electron chi connectivity index (χ1n) is 11.2. The van der Waals surface area contributed by atoms with E-state index in [0.29, 0.717) is 22.5 Å². The Hall–Kier alpha value is -4.06. The fourth-order valence-corrected chi connectivity index (χ4v) is 3.86. The van der Waals surface area contributed by atoms with Crippen molar-refractivity contribution >= 4 is 17.2 Å². The van der Waals surface area contributed by atoms with E-state index < -0.39 is 0 Å². The van der Waals surface area contributed by atoms with Crippen LogP contribution in [0.4, 0.5) is 5.69 Å². The molecule has 8 heteroatoms. The largest absolute Gasteiger partial charge is 0.321 e. The molecule has 0 bridgehead atoms. The lowest BCUT2D eigenvalue weighted by Crippen LogP contribution is -2.43. The maximum atomic E-state index is 12.7. The molecule has 1 N–H and O–H groups in total. The molecule has 0 unspecified atom stereocenters. The Labute approximate surface area is 198 Å². The zero-order chi connectivity index (χ0) is 23.3. The smallest absolute Gasteiger partial charge is 0.255 e. The van der Waals surface area contributed by atoms with Gasteiger partial charge < -0.3 is 10.2 Å². The number of fused-ring (bicyclic) bond motifs is 1. The van der Waals surface area contributed by atoms with Crippen molar-refractivity contribution in [3.8, 4) is 11.8 Å². The monoisotopic (exact) mass is 451 g/mol. The number of piperazine rings is 1. The second-order valence-electron chi connectivity index (χ2n) is 8.38. The maximum Gasteiger partial charge on any atom is 0.255 e. The lowest BCUT2D eigenvalue weighted by atomic mass is 10.1. The lowest BCUT2D eigenvalue weighted by molar-refractivity contribution is 0.102. The number of rotatable bonds is 4. The van der Waals surface area contributed by atoms with Crippen molar-refractivity contribution in [3.05, 3.63) is 89.6 Å². The van der Waals surface area contributed by atoms with E-state index in [1.807, 2.05) is 36.4 Å². The van der Waals surface area contributed by atoms with Gasteiger partial charge in [-0.05, 0) is 48.9 Å². The van der Waals surface area contributed by atoms with E-state index in [9.17, 15) is 4.79 Å². The molecule has 1 aliphatic heterocycles. The molecule has 0 spiro atoms. The van der Waals surface area contributed by atoms with Gasteiger partial charge in [0.25, 0.3) is 5.91 Å². The summed E-state index contributed by atoms with van der Waals surface area (Å²) in [7, 11) is 2.15. The number of hydrogen-bond acceptors (Lipinski definition) is 6. The van der Waals surface area contributed by atoms with E-state index in [-0.39, 0.29) is 5.91 Å². The molecule has 1 aromatic carbocycles. The molecule has 170 valence electrons. The number of imidazole rings is 1. The Kier molecular flexibility index (Phi) is 6.29. The molecule has 0 radical (unpaired) electrons. The topological polar surface area (TPSA) is 78.7 Å². The van der Waals surface area contributed by atoms with E-state index in [2.05, 4.69) is 49.1 Å². The lowest BCUT2D eigenvalue weighted by Gasteiger charge is -2.32. The molecule has 1 saturated heterocycles. The minimum Gasteiger partial charge on any atom is -0.321 e. The van der Waals surface area contributed by atoms with Crippen LogP contribution >= 0.6 is 0 Å². The van der Waals surface area contributed by atoms with E-state index >= 15 is 0 Å². The number of pyridine rings is 1. The van der Waals surface area contributed by atoms with Crippen LogP contribution in [0.25, 0.3) is 5.65 Å². The number of amides is 1. The van der Waals surface area contributed by atoms with Crippen LogP contribution in [0, 0.1) is 11.8 Å². The molecule has 0 saturated carbocycles. The van der Waals surface area contributed by atoms with Gasteiger partial charge in [0.1, 0.15) is 5.69 Å². The Morgan fingerprint density at radius 3 is 2.68 bits per heavy atom. The van der Waals surface area contributed by atoms with Gasteiger partial charge in [0, 0.05) is 56.2 Å². The zero-order valence-corrected chi connectivity index (χ0v) is 19.0. The van der Waals surface area contributed by atoms with Gasteiger partial charge in [-0.3, -0.25) is 14.7 Å². The molecule has 3 aromatic heterocycles. The number of nitrogens with one attached hydrogen (secondary N) is 1. The van der Waals surface area contributed by atoms with Crippen molar-refractivity contribution < 1.29 is 4.79 Å². The number of benzene rings is 1. The van der Waals surface area contributed by atoms with E-state index in [1.165, 1.54) is 5.56 Å². The number of aromatic nitrogens is 4. The number of carbonyl (C=O) groups is 1. The van der Waals surface area contributed by atoms with Crippen molar-refractivity contribution in [2.75, 3.05) is 38.5 Å². The van der Waals surface area contributed by atoms with Crippen LogP contribution in [0.15, 0.2) is 67.3 Å². The van der Waals surface area contributed by atoms with Gasteiger partial charge in [0.2, 0.25) is 0 Å². The molecule has 1 amide bonds. The third-order valence-electron chi connectivity index (χ3n) is 5.83. The number of likely N-dealkylation sites (N-methyl/N-ethyl adjacent to an activating group) is 1. The van der Waals surface area contributed by atoms with Crippen LogP contribution in [0.5, 0.6) is 0 Å². The van der Waals surface area contributed by atoms with Gasteiger partial charge in [-0.1, -0.05) is 18.1 Å². The normalized spacial score (nSPS) is 14.5. The Balaban J connectivity index is 1.23. The van der Waals surface area contributed by atoms with Crippen molar-refractivity contribution in [2.24, 2.45) is 0 Å². The first kappa shape index (κ1) is 21.8. The summed E-state index contributed by atoms with van der Waals surface area (Å²) in [5, 5.41) is 7.17. The summed E-state index contributed by atoms with van der Waals surface area (Å²) in [6.07, 6.45) is 6.64. The van der Waals surface area contributed by atoms with E-state index in [0.717, 1.165) is 38.4 Å². The van der Waals surface area contributed by atoms with Crippen LogP contribution in [0.1, 0.15) is 27.2 Å². The number of nitrogens with zero attached hydrogens (tertiary/aromatic N) is 6. The maximum absolute atomic E-state index is 12.7. The van der Waals surface area contributed by atoms with Gasteiger partial charge in [0.15, 0.2) is 5.65 Å². The third-order valence-corrected chi connectivity index (χ3v) is 5.83. The van der Waals surface area contributed by atoms with E-state index in [1.54, 1.807) is 35.4 Å². The summed E-state index contributed by atoms with van der Waals surface area (Å²) in [5.74, 6) is 5.96. The van der Waals surface area contributed by atoms with Gasteiger partial charge >= 0.3 is 0 Å². The Morgan fingerprint density at radius 1 is 1.03 bits per heavy atom. The highest BCUT2D eigenvalue weighted by Crippen LogP contribution is 2.13. The molecular formula is C26H25N7O. The summed E-state index contributed by atoms with van der Waals surface area (Å²) in [4.78, 5) is 26.0. The van der Waals surface area contributed by atoms with Crippen molar-refractivity contribution in [3.63, 3.8) is 0 Å². The second kappa shape index (κ2) is 9.83. The molecule has 34 heavy (non-hydrogen) atoms.